The number of anilines is 2. The standard InChI is InChI=1S/C14H17ClN2O2S2/c1-9-4-7-14(20-9)10(2)16-11-5-6-13(12(15)8-11)17-21(3,18)19/h4-8,10,16-17H,1-3H3. The molecule has 21 heavy (non-hydrogen) atoms. The van der Waals surface area contributed by atoms with Crippen LogP contribution in [-0.2, 0) is 10.0 Å². The first-order valence-electron chi connectivity index (χ1n) is 6.35. The number of hydrogen-bond acceptors (Lipinski definition) is 4. The fourth-order valence-corrected chi connectivity index (χ4v) is 3.64. The van der Waals surface area contributed by atoms with Crippen LogP contribution in [0.2, 0.25) is 5.02 Å². The van der Waals surface area contributed by atoms with Crippen molar-refractivity contribution < 1.29 is 8.42 Å². The molecule has 1 aromatic carbocycles. The van der Waals surface area contributed by atoms with Crippen molar-refractivity contribution in [3.8, 4) is 0 Å². The molecule has 0 bridgehead atoms. The molecule has 4 nitrogen and oxygen atoms in total. The van der Waals surface area contributed by atoms with E-state index in [0.717, 1.165) is 11.9 Å². The Kier molecular flexibility index (Phi) is 4.81. The highest BCUT2D eigenvalue weighted by atomic mass is 35.5. The fourth-order valence-electron chi connectivity index (χ4n) is 1.89. The lowest BCUT2D eigenvalue weighted by Crippen LogP contribution is -2.10. The summed E-state index contributed by atoms with van der Waals surface area (Å²) in [5, 5.41) is 3.71. The number of halogens is 1. The molecule has 0 amide bonds. The van der Waals surface area contributed by atoms with E-state index in [1.54, 1.807) is 29.5 Å². The molecule has 0 spiro atoms. The minimum absolute atomic E-state index is 0.161. The molecule has 2 aromatic rings. The Bertz CT molecular complexity index is 741. The second-order valence-electron chi connectivity index (χ2n) is 4.88. The summed E-state index contributed by atoms with van der Waals surface area (Å²) in [5.74, 6) is 0. The Morgan fingerprint density at radius 3 is 2.48 bits per heavy atom. The largest absolute Gasteiger partial charge is 0.378 e. The van der Waals surface area contributed by atoms with Crippen LogP contribution in [0, 0.1) is 6.92 Å². The summed E-state index contributed by atoms with van der Waals surface area (Å²) < 4.78 is 24.8. The molecule has 0 radical (unpaired) electrons. The zero-order chi connectivity index (χ0) is 15.6. The molecule has 2 N–H and O–H groups in total. The molecule has 0 fully saturated rings. The molecule has 7 heteroatoms. The first-order chi connectivity index (χ1) is 9.74. The summed E-state index contributed by atoms with van der Waals surface area (Å²) >= 11 is 7.85. The molecule has 0 aliphatic rings. The monoisotopic (exact) mass is 344 g/mol. The summed E-state index contributed by atoms with van der Waals surface area (Å²) in [6.45, 7) is 4.14. The number of benzene rings is 1. The van der Waals surface area contributed by atoms with E-state index < -0.39 is 10.0 Å². The topological polar surface area (TPSA) is 58.2 Å². The lowest BCUT2D eigenvalue weighted by atomic mass is 10.2. The minimum atomic E-state index is -3.33. The molecular weight excluding hydrogens is 328 g/mol. The van der Waals surface area contributed by atoms with Gasteiger partial charge >= 0.3 is 0 Å². The Labute approximate surface area is 134 Å². The van der Waals surface area contributed by atoms with Gasteiger partial charge in [-0.05, 0) is 44.2 Å². The van der Waals surface area contributed by atoms with Crippen LogP contribution < -0.4 is 10.0 Å². The number of aryl methyl sites for hydroxylation is 1. The van der Waals surface area contributed by atoms with Crippen molar-refractivity contribution in [1.82, 2.24) is 0 Å². The summed E-state index contributed by atoms with van der Waals surface area (Å²) in [7, 11) is -3.33. The van der Waals surface area contributed by atoms with Gasteiger partial charge in [0.15, 0.2) is 0 Å². The average molecular weight is 345 g/mol. The fraction of sp³-hybridized carbons (Fsp3) is 0.286. The highest BCUT2D eigenvalue weighted by Gasteiger charge is 2.10. The van der Waals surface area contributed by atoms with Crippen LogP contribution in [0.1, 0.15) is 22.7 Å². The minimum Gasteiger partial charge on any atom is -0.378 e. The Morgan fingerprint density at radius 2 is 1.95 bits per heavy atom. The maximum Gasteiger partial charge on any atom is 0.229 e. The van der Waals surface area contributed by atoms with Crippen molar-refractivity contribution in [2.24, 2.45) is 0 Å². The van der Waals surface area contributed by atoms with Crippen molar-refractivity contribution in [3.05, 3.63) is 45.1 Å². The van der Waals surface area contributed by atoms with Gasteiger partial charge in [0.2, 0.25) is 10.0 Å². The molecule has 2 rings (SSSR count). The van der Waals surface area contributed by atoms with Gasteiger partial charge in [-0.15, -0.1) is 11.3 Å². The van der Waals surface area contributed by atoms with E-state index in [2.05, 4.69) is 36.0 Å². The zero-order valence-corrected chi connectivity index (χ0v) is 14.4. The van der Waals surface area contributed by atoms with E-state index in [1.807, 2.05) is 0 Å². The van der Waals surface area contributed by atoms with Crippen molar-refractivity contribution in [2.75, 3.05) is 16.3 Å². The number of sulfonamides is 1. The maximum atomic E-state index is 11.2. The Hall–Kier alpha value is -1.24. The molecule has 1 unspecified atom stereocenters. The SMILES string of the molecule is Cc1ccc(C(C)Nc2ccc(NS(C)(=O)=O)c(Cl)c2)s1. The number of nitrogens with one attached hydrogen (secondary N) is 2. The molecular formula is C14H17ClN2O2S2. The lowest BCUT2D eigenvalue weighted by molar-refractivity contribution is 0.607. The van der Waals surface area contributed by atoms with Gasteiger partial charge in [0, 0.05) is 15.4 Å². The molecule has 0 saturated carbocycles. The first kappa shape index (κ1) is 16.1. The lowest BCUT2D eigenvalue weighted by Gasteiger charge is -2.15. The molecule has 1 atom stereocenters. The van der Waals surface area contributed by atoms with Gasteiger partial charge in [-0.1, -0.05) is 11.6 Å². The van der Waals surface area contributed by atoms with Crippen LogP contribution in [0.5, 0.6) is 0 Å². The summed E-state index contributed by atoms with van der Waals surface area (Å²) in [6, 6.07) is 9.51. The quantitative estimate of drug-likeness (QED) is 0.852. The maximum absolute atomic E-state index is 11.2. The van der Waals surface area contributed by atoms with Crippen molar-refractivity contribution in [1.29, 1.82) is 0 Å². The highest BCUT2D eigenvalue weighted by molar-refractivity contribution is 7.92. The first-order valence-corrected chi connectivity index (χ1v) is 9.43. The third-order valence-electron chi connectivity index (χ3n) is 2.84. The third kappa shape index (κ3) is 4.62. The predicted octanol–water partition coefficient (Wildman–Crippen LogP) is 4.25. The smallest absolute Gasteiger partial charge is 0.229 e. The predicted molar refractivity (Wildman–Crippen MR) is 91.0 cm³/mol. The number of hydrogen-bond donors (Lipinski definition) is 2. The summed E-state index contributed by atoms with van der Waals surface area (Å²) in [6.07, 6.45) is 1.09. The summed E-state index contributed by atoms with van der Waals surface area (Å²) in [5.41, 5.74) is 1.22. The van der Waals surface area contributed by atoms with Crippen molar-refractivity contribution in [3.63, 3.8) is 0 Å². The van der Waals surface area contributed by atoms with Crippen molar-refractivity contribution >= 4 is 44.3 Å². The van der Waals surface area contributed by atoms with Gasteiger partial charge < -0.3 is 5.32 Å². The second-order valence-corrected chi connectivity index (χ2v) is 8.36. The van der Waals surface area contributed by atoms with E-state index in [-0.39, 0.29) is 6.04 Å². The second kappa shape index (κ2) is 6.25. The van der Waals surface area contributed by atoms with E-state index in [4.69, 9.17) is 11.6 Å². The molecule has 1 heterocycles. The molecule has 1 aromatic heterocycles. The van der Waals surface area contributed by atoms with Crippen LogP contribution in [0.3, 0.4) is 0 Å². The third-order valence-corrected chi connectivity index (χ3v) is 4.92. The summed E-state index contributed by atoms with van der Waals surface area (Å²) in [4.78, 5) is 2.51. The molecule has 0 saturated heterocycles. The Morgan fingerprint density at radius 1 is 1.24 bits per heavy atom. The van der Waals surface area contributed by atoms with Crippen LogP contribution >= 0.6 is 22.9 Å². The number of thiophene rings is 1. The van der Waals surface area contributed by atoms with E-state index in [0.29, 0.717) is 10.7 Å². The van der Waals surface area contributed by atoms with E-state index >= 15 is 0 Å². The van der Waals surface area contributed by atoms with Crippen molar-refractivity contribution in [2.45, 2.75) is 19.9 Å². The van der Waals surface area contributed by atoms with E-state index in [9.17, 15) is 8.42 Å². The average Bonchev–Trinajstić information content (AvgIpc) is 2.78. The van der Waals surface area contributed by atoms with Gasteiger partial charge in [-0.2, -0.15) is 0 Å². The van der Waals surface area contributed by atoms with Crippen LogP contribution in [-0.4, -0.2) is 14.7 Å². The van der Waals surface area contributed by atoms with E-state index in [1.165, 1.54) is 9.75 Å². The van der Waals surface area contributed by atoms with Gasteiger partial charge in [0.1, 0.15) is 0 Å². The van der Waals surface area contributed by atoms with Crippen LogP contribution in [0.25, 0.3) is 0 Å². The zero-order valence-electron chi connectivity index (χ0n) is 12.0. The number of rotatable bonds is 5. The van der Waals surface area contributed by atoms with Crippen LogP contribution in [0.4, 0.5) is 11.4 Å². The van der Waals surface area contributed by atoms with Gasteiger partial charge in [-0.3, -0.25) is 4.72 Å². The van der Waals surface area contributed by atoms with Gasteiger partial charge in [-0.25, -0.2) is 8.42 Å². The van der Waals surface area contributed by atoms with Gasteiger partial charge in [0.05, 0.1) is 23.0 Å². The van der Waals surface area contributed by atoms with Gasteiger partial charge in [0.25, 0.3) is 0 Å². The molecule has 114 valence electrons. The normalized spacial score (nSPS) is 13.0. The molecule has 0 aliphatic carbocycles. The van der Waals surface area contributed by atoms with Crippen LogP contribution in [0.15, 0.2) is 30.3 Å². The Balaban J connectivity index is 2.13. The highest BCUT2D eigenvalue weighted by Crippen LogP contribution is 2.30. The molecule has 0 aliphatic heterocycles.